The lowest BCUT2D eigenvalue weighted by Crippen LogP contribution is -2.45. The number of thioether (sulfide) groups is 1. The van der Waals surface area contributed by atoms with Gasteiger partial charge in [0, 0.05) is 18.5 Å². The van der Waals surface area contributed by atoms with Crippen molar-refractivity contribution in [2.24, 2.45) is 4.99 Å². The van der Waals surface area contributed by atoms with E-state index in [9.17, 15) is 9.59 Å². The molecule has 1 aliphatic heterocycles. The van der Waals surface area contributed by atoms with Crippen LogP contribution in [0, 0.1) is 0 Å². The van der Waals surface area contributed by atoms with Crippen LogP contribution in [-0.4, -0.2) is 41.3 Å². The van der Waals surface area contributed by atoms with Crippen molar-refractivity contribution in [2.45, 2.75) is 18.2 Å². The number of aliphatic imine (C=N–C) groups is 1. The van der Waals surface area contributed by atoms with Gasteiger partial charge < -0.3 is 10.1 Å². The number of hydrogen-bond acceptors (Lipinski definition) is 5. The first-order valence-corrected chi connectivity index (χ1v) is 9.92. The van der Waals surface area contributed by atoms with Crippen molar-refractivity contribution >= 4 is 46.0 Å². The van der Waals surface area contributed by atoms with E-state index in [1.807, 2.05) is 18.2 Å². The van der Waals surface area contributed by atoms with Crippen molar-refractivity contribution < 1.29 is 14.3 Å². The first-order valence-electron chi connectivity index (χ1n) is 8.66. The standard InChI is InChI=1S/C20H20ClN3O3S/c1-22-19(26)17-11-18(25)24(12-13-5-3-4-6-16(13)21)20(28-17)23-14-7-9-15(27-2)10-8-14/h3-10,17H,11-12H2,1-2H3,(H,22,26). The third-order valence-corrected chi connectivity index (χ3v) is 5.82. The Kier molecular flexibility index (Phi) is 6.59. The van der Waals surface area contributed by atoms with Crippen molar-refractivity contribution in [1.29, 1.82) is 0 Å². The van der Waals surface area contributed by atoms with Crippen LogP contribution in [0.1, 0.15) is 12.0 Å². The lowest BCUT2D eigenvalue weighted by molar-refractivity contribution is -0.130. The highest BCUT2D eigenvalue weighted by molar-refractivity contribution is 8.15. The predicted molar refractivity (Wildman–Crippen MR) is 112 cm³/mol. The maximum Gasteiger partial charge on any atom is 0.233 e. The van der Waals surface area contributed by atoms with E-state index in [1.165, 1.54) is 11.8 Å². The minimum atomic E-state index is -0.517. The van der Waals surface area contributed by atoms with E-state index in [0.29, 0.717) is 28.2 Å². The Balaban J connectivity index is 1.94. The third-order valence-electron chi connectivity index (χ3n) is 4.26. The molecular weight excluding hydrogens is 398 g/mol. The van der Waals surface area contributed by atoms with Crippen LogP contribution in [0.4, 0.5) is 5.69 Å². The molecule has 0 radical (unpaired) electrons. The van der Waals surface area contributed by atoms with Crippen LogP contribution in [0.25, 0.3) is 0 Å². The lowest BCUT2D eigenvalue weighted by Gasteiger charge is -2.31. The Labute approximate surface area is 172 Å². The third kappa shape index (κ3) is 4.66. The van der Waals surface area contributed by atoms with Gasteiger partial charge in [-0.1, -0.05) is 41.6 Å². The summed E-state index contributed by atoms with van der Waals surface area (Å²) < 4.78 is 5.17. The van der Waals surface area contributed by atoms with Gasteiger partial charge in [0.15, 0.2) is 5.17 Å². The van der Waals surface area contributed by atoms with Crippen molar-refractivity contribution in [2.75, 3.05) is 14.2 Å². The summed E-state index contributed by atoms with van der Waals surface area (Å²) in [6.45, 7) is 0.293. The van der Waals surface area contributed by atoms with Crippen LogP contribution in [0.15, 0.2) is 53.5 Å². The Hall–Kier alpha value is -2.51. The van der Waals surface area contributed by atoms with Crippen LogP contribution in [-0.2, 0) is 16.1 Å². The molecule has 8 heteroatoms. The minimum Gasteiger partial charge on any atom is -0.497 e. The molecule has 0 saturated carbocycles. The molecule has 1 fully saturated rings. The zero-order chi connectivity index (χ0) is 20.1. The molecule has 6 nitrogen and oxygen atoms in total. The number of rotatable bonds is 5. The van der Waals surface area contributed by atoms with Crippen LogP contribution >= 0.6 is 23.4 Å². The quantitative estimate of drug-likeness (QED) is 0.806. The highest BCUT2D eigenvalue weighted by Crippen LogP contribution is 2.31. The molecule has 1 saturated heterocycles. The summed E-state index contributed by atoms with van der Waals surface area (Å²) in [5, 5.41) is 3.14. The second-order valence-electron chi connectivity index (χ2n) is 6.09. The van der Waals surface area contributed by atoms with Gasteiger partial charge in [-0.15, -0.1) is 0 Å². The van der Waals surface area contributed by atoms with E-state index >= 15 is 0 Å². The number of nitrogens with one attached hydrogen (secondary N) is 1. The van der Waals surface area contributed by atoms with E-state index < -0.39 is 5.25 Å². The van der Waals surface area contributed by atoms with Crippen molar-refractivity contribution in [3.8, 4) is 5.75 Å². The zero-order valence-corrected chi connectivity index (χ0v) is 17.1. The molecule has 146 valence electrons. The molecule has 2 amide bonds. The van der Waals surface area contributed by atoms with Gasteiger partial charge in [0.25, 0.3) is 0 Å². The second-order valence-corrected chi connectivity index (χ2v) is 7.67. The highest BCUT2D eigenvalue weighted by atomic mass is 35.5. The maximum absolute atomic E-state index is 12.8. The molecule has 2 aromatic rings. The van der Waals surface area contributed by atoms with Gasteiger partial charge in [-0.3, -0.25) is 14.5 Å². The van der Waals surface area contributed by atoms with E-state index in [1.54, 1.807) is 49.4 Å². The number of hydrogen-bond donors (Lipinski definition) is 1. The first kappa shape index (κ1) is 20.2. The summed E-state index contributed by atoms with van der Waals surface area (Å²) >= 11 is 7.55. The molecule has 1 heterocycles. The smallest absolute Gasteiger partial charge is 0.233 e. The normalized spacial score (nSPS) is 18.2. The highest BCUT2D eigenvalue weighted by Gasteiger charge is 2.35. The fourth-order valence-corrected chi connectivity index (χ4v) is 4.07. The Morgan fingerprint density at radius 1 is 1.29 bits per heavy atom. The number of nitrogens with zero attached hydrogens (tertiary/aromatic N) is 2. The largest absolute Gasteiger partial charge is 0.497 e. The summed E-state index contributed by atoms with van der Waals surface area (Å²) in [5.74, 6) is 0.352. The number of carbonyl (C=O) groups is 2. The van der Waals surface area contributed by atoms with Crippen LogP contribution in [0.5, 0.6) is 5.75 Å². The Morgan fingerprint density at radius 3 is 2.64 bits per heavy atom. The zero-order valence-electron chi connectivity index (χ0n) is 15.5. The molecule has 1 aliphatic rings. The van der Waals surface area contributed by atoms with E-state index in [2.05, 4.69) is 10.3 Å². The molecule has 0 aliphatic carbocycles. The molecule has 3 rings (SSSR count). The van der Waals surface area contributed by atoms with Gasteiger partial charge in [-0.2, -0.15) is 0 Å². The van der Waals surface area contributed by atoms with Crippen LogP contribution < -0.4 is 10.1 Å². The monoisotopic (exact) mass is 417 g/mol. The van der Waals surface area contributed by atoms with Crippen molar-refractivity contribution in [3.63, 3.8) is 0 Å². The second kappa shape index (κ2) is 9.12. The van der Waals surface area contributed by atoms with E-state index in [0.717, 1.165) is 5.56 Å². The summed E-state index contributed by atoms with van der Waals surface area (Å²) in [4.78, 5) is 31.2. The number of halogens is 1. The molecule has 0 spiro atoms. The van der Waals surface area contributed by atoms with Gasteiger partial charge in [0.2, 0.25) is 11.8 Å². The average molecular weight is 418 g/mol. The van der Waals surface area contributed by atoms with Crippen molar-refractivity contribution in [3.05, 3.63) is 59.1 Å². The Bertz CT molecular complexity index is 902. The van der Waals surface area contributed by atoms with Crippen LogP contribution in [0.2, 0.25) is 5.02 Å². The molecule has 1 N–H and O–H groups in total. The fourth-order valence-electron chi connectivity index (χ4n) is 2.72. The van der Waals surface area contributed by atoms with Gasteiger partial charge in [0.05, 0.1) is 24.6 Å². The summed E-state index contributed by atoms with van der Waals surface area (Å²) in [6, 6.07) is 14.6. The van der Waals surface area contributed by atoms with Gasteiger partial charge in [-0.25, -0.2) is 4.99 Å². The summed E-state index contributed by atoms with van der Waals surface area (Å²) in [7, 11) is 3.15. The SMILES string of the molecule is CNC(=O)C1CC(=O)N(Cc2ccccc2Cl)C(=Nc2ccc(OC)cc2)S1. The van der Waals surface area contributed by atoms with E-state index in [-0.39, 0.29) is 18.2 Å². The summed E-state index contributed by atoms with van der Waals surface area (Å²) in [5.41, 5.74) is 1.48. The average Bonchev–Trinajstić information content (AvgIpc) is 2.71. The topological polar surface area (TPSA) is 71.0 Å². The summed E-state index contributed by atoms with van der Waals surface area (Å²) in [6.07, 6.45) is 0.108. The lowest BCUT2D eigenvalue weighted by atomic mass is 10.2. The number of amides is 2. The van der Waals surface area contributed by atoms with Gasteiger partial charge in [-0.05, 0) is 35.9 Å². The number of ether oxygens (including phenoxy) is 1. The molecule has 1 atom stereocenters. The molecule has 0 bridgehead atoms. The van der Waals surface area contributed by atoms with Gasteiger partial charge in [0.1, 0.15) is 5.75 Å². The minimum absolute atomic E-state index is 0.108. The van der Waals surface area contributed by atoms with E-state index in [4.69, 9.17) is 16.3 Å². The molecule has 28 heavy (non-hydrogen) atoms. The number of methoxy groups -OCH3 is 1. The maximum atomic E-state index is 12.8. The molecule has 2 aromatic carbocycles. The number of benzene rings is 2. The molecule has 0 aromatic heterocycles. The Morgan fingerprint density at radius 2 is 2.00 bits per heavy atom. The molecular formula is C20H20ClN3O3S. The number of amidine groups is 1. The fraction of sp³-hybridized carbons (Fsp3) is 0.250. The van der Waals surface area contributed by atoms with Gasteiger partial charge >= 0.3 is 0 Å². The first-order chi connectivity index (χ1) is 13.5. The predicted octanol–water partition coefficient (Wildman–Crippen LogP) is 3.62. The molecule has 1 unspecified atom stereocenters. The van der Waals surface area contributed by atoms with Crippen molar-refractivity contribution in [1.82, 2.24) is 10.2 Å². The number of carbonyl (C=O) groups excluding carboxylic acids is 2. The van der Waals surface area contributed by atoms with Crippen LogP contribution in [0.3, 0.4) is 0 Å².